The lowest BCUT2D eigenvalue weighted by atomic mass is 10.0. The molecule has 1 aliphatic carbocycles. The number of hydrogen-bond acceptors (Lipinski definition) is 6. The Bertz CT molecular complexity index is 623. The van der Waals surface area contributed by atoms with Crippen LogP contribution in [0.1, 0.15) is 35.4 Å². The van der Waals surface area contributed by atoms with Crippen LogP contribution in [0.5, 0.6) is 0 Å². The van der Waals surface area contributed by atoms with Crippen LogP contribution in [0, 0.1) is 0 Å². The summed E-state index contributed by atoms with van der Waals surface area (Å²) in [6, 6.07) is 11.0. The summed E-state index contributed by atoms with van der Waals surface area (Å²) >= 11 is 1.71. The summed E-state index contributed by atoms with van der Waals surface area (Å²) in [5.41, 5.74) is 1.34. The monoisotopic (exact) mass is 330 g/mol. The van der Waals surface area contributed by atoms with Crippen molar-refractivity contribution in [3.63, 3.8) is 0 Å². The second-order valence-corrected chi connectivity index (χ2v) is 7.18. The van der Waals surface area contributed by atoms with E-state index in [9.17, 15) is 0 Å². The molecule has 2 aromatic rings. The predicted molar refractivity (Wildman–Crippen MR) is 91.9 cm³/mol. The van der Waals surface area contributed by atoms with Gasteiger partial charge in [0.2, 0.25) is 5.13 Å². The number of morpholine rings is 1. The van der Waals surface area contributed by atoms with E-state index in [2.05, 4.69) is 50.7 Å². The topological polar surface area (TPSA) is 50.3 Å². The molecule has 122 valence electrons. The van der Waals surface area contributed by atoms with Gasteiger partial charge in [-0.1, -0.05) is 41.7 Å². The highest BCUT2D eigenvalue weighted by atomic mass is 32.1. The van der Waals surface area contributed by atoms with Crippen LogP contribution in [-0.2, 0) is 4.74 Å². The van der Waals surface area contributed by atoms with Gasteiger partial charge in [-0.25, -0.2) is 0 Å². The van der Waals surface area contributed by atoms with Gasteiger partial charge < -0.3 is 10.1 Å². The number of ether oxygens (including phenoxy) is 1. The van der Waals surface area contributed by atoms with Crippen LogP contribution in [0.4, 0.5) is 5.13 Å². The molecular weight excluding hydrogens is 308 g/mol. The van der Waals surface area contributed by atoms with Crippen LogP contribution in [0.2, 0.25) is 0 Å². The van der Waals surface area contributed by atoms with Crippen molar-refractivity contribution in [1.29, 1.82) is 0 Å². The molecule has 0 spiro atoms. The zero-order valence-corrected chi connectivity index (χ0v) is 14.0. The molecule has 1 aromatic carbocycles. The Kier molecular flexibility index (Phi) is 4.55. The normalized spacial score (nSPS) is 20.3. The maximum atomic E-state index is 5.50. The summed E-state index contributed by atoms with van der Waals surface area (Å²) < 4.78 is 5.50. The van der Waals surface area contributed by atoms with Crippen molar-refractivity contribution in [2.24, 2.45) is 0 Å². The molecule has 6 heteroatoms. The highest BCUT2D eigenvalue weighted by molar-refractivity contribution is 7.15. The van der Waals surface area contributed by atoms with Crippen molar-refractivity contribution in [2.45, 2.75) is 24.8 Å². The molecular formula is C17H22N4OS. The Hall–Kier alpha value is -1.50. The Morgan fingerprint density at radius 2 is 1.96 bits per heavy atom. The Labute approximate surface area is 140 Å². The smallest absolute Gasteiger partial charge is 0.205 e. The average molecular weight is 330 g/mol. The van der Waals surface area contributed by atoms with Crippen molar-refractivity contribution in [1.82, 2.24) is 15.1 Å². The summed E-state index contributed by atoms with van der Waals surface area (Å²) in [5, 5.41) is 14.3. The van der Waals surface area contributed by atoms with Gasteiger partial charge in [0.15, 0.2) is 0 Å². The molecule has 2 fully saturated rings. The highest BCUT2D eigenvalue weighted by Gasteiger charge is 2.28. The van der Waals surface area contributed by atoms with Gasteiger partial charge in [-0.3, -0.25) is 4.90 Å². The Morgan fingerprint density at radius 3 is 2.70 bits per heavy atom. The van der Waals surface area contributed by atoms with E-state index < -0.39 is 0 Å². The van der Waals surface area contributed by atoms with Crippen LogP contribution in [0.25, 0.3) is 0 Å². The van der Waals surface area contributed by atoms with Gasteiger partial charge >= 0.3 is 0 Å². The van der Waals surface area contributed by atoms with Gasteiger partial charge in [0.25, 0.3) is 0 Å². The molecule has 0 unspecified atom stereocenters. The molecule has 0 bridgehead atoms. The predicted octanol–water partition coefficient (Wildman–Crippen LogP) is 2.90. The number of benzene rings is 1. The second-order valence-electron chi connectivity index (χ2n) is 6.18. The van der Waals surface area contributed by atoms with Crippen LogP contribution in [0.3, 0.4) is 0 Å². The summed E-state index contributed by atoms with van der Waals surface area (Å²) in [7, 11) is 0. The van der Waals surface area contributed by atoms with Crippen molar-refractivity contribution >= 4 is 16.5 Å². The summed E-state index contributed by atoms with van der Waals surface area (Å²) in [4.78, 5) is 2.49. The van der Waals surface area contributed by atoms with E-state index in [0.717, 1.165) is 38.0 Å². The van der Waals surface area contributed by atoms with Crippen molar-refractivity contribution in [3.05, 3.63) is 40.9 Å². The highest BCUT2D eigenvalue weighted by Crippen LogP contribution is 2.42. The maximum absolute atomic E-state index is 5.50. The number of aromatic nitrogens is 2. The van der Waals surface area contributed by atoms with Crippen LogP contribution < -0.4 is 5.32 Å². The van der Waals surface area contributed by atoms with Crippen molar-refractivity contribution < 1.29 is 4.74 Å². The molecule has 4 rings (SSSR count). The van der Waals surface area contributed by atoms with E-state index in [4.69, 9.17) is 4.74 Å². The molecule has 1 saturated carbocycles. The van der Waals surface area contributed by atoms with E-state index in [1.54, 1.807) is 11.3 Å². The summed E-state index contributed by atoms with van der Waals surface area (Å²) in [6.07, 6.45) is 2.55. The number of rotatable bonds is 6. The first-order valence-corrected chi connectivity index (χ1v) is 9.16. The number of nitrogens with one attached hydrogen (secondary N) is 1. The molecule has 0 amide bonds. The van der Waals surface area contributed by atoms with Crippen LogP contribution in [0.15, 0.2) is 30.3 Å². The maximum Gasteiger partial charge on any atom is 0.205 e. The second kappa shape index (κ2) is 6.95. The molecule has 1 aliphatic heterocycles. The molecule has 1 atom stereocenters. The minimum absolute atomic E-state index is 0.341. The fourth-order valence-electron chi connectivity index (χ4n) is 3.01. The number of hydrogen-bond donors (Lipinski definition) is 1. The first-order chi connectivity index (χ1) is 11.4. The third kappa shape index (κ3) is 3.71. The van der Waals surface area contributed by atoms with Crippen LogP contribution >= 0.6 is 11.3 Å². The molecule has 2 heterocycles. The average Bonchev–Trinajstić information content (AvgIpc) is 3.36. The van der Waals surface area contributed by atoms with Crippen LogP contribution in [-0.4, -0.2) is 47.9 Å². The van der Waals surface area contributed by atoms with Gasteiger partial charge in [0, 0.05) is 25.6 Å². The van der Waals surface area contributed by atoms with Gasteiger partial charge in [0.05, 0.1) is 19.3 Å². The van der Waals surface area contributed by atoms with E-state index in [1.165, 1.54) is 23.4 Å². The largest absolute Gasteiger partial charge is 0.379 e. The lowest BCUT2D eigenvalue weighted by Crippen LogP contribution is -2.41. The summed E-state index contributed by atoms with van der Waals surface area (Å²) in [6.45, 7) is 4.43. The zero-order valence-electron chi connectivity index (χ0n) is 13.1. The quantitative estimate of drug-likeness (QED) is 0.882. The van der Waals surface area contributed by atoms with Crippen molar-refractivity contribution in [3.8, 4) is 0 Å². The Balaban J connectivity index is 1.45. The van der Waals surface area contributed by atoms with Gasteiger partial charge in [0.1, 0.15) is 5.01 Å². The fourth-order valence-corrected chi connectivity index (χ4v) is 3.93. The molecule has 2 aliphatic rings. The molecule has 1 N–H and O–H groups in total. The SMILES string of the molecule is c1ccc([C@H](CNc2nnc(C3CC3)s2)N2CCOCC2)cc1. The first-order valence-electron chi connectivity index (χ1n) is 8.34. The number of anilines is 1. The van der Waals surface area contributed by atoms with Crippen molar-refractivity contribution in [2.75, 3.05) is 38.2 Å². The fraction of sp³-hybridized carbons (Fsp3) is 0.529. The van der Waals surface area contributed by atoms with E-state index >= 15 is 0 Å². The minimum Gasteiger partial charge on any atom is -0.379 e. The molecule has 0 radical (unpaired) electrons. The lowest BCUT2D eigenvalue weighted by molar-refractivity contribution is 0.0187. The zero-order chi connectivity index (χ0) is 15.5. The third-order valence-electron chi connectivity index (χ3n) is 4.48. The first kappa shape index (κ1) is 15.1. The molecule has 5 nitrogen and oxygen atoms in total. The van der Waals surface area contributed by atoms with Gasteiger partial charge in [-0.05, 0) is 18.4 Å². The standard InChI is InChI=1S/C17H22N4OS/c1-2-4-13(5-3-1)15(21-8-10-22-11-9-21)12-18-17-20-19-16(23-17)14-6-7-14/h1-5,14-15H,6-12H2,(H,18,20)/t15-/m0/s1. The number of nitrogens with zero attached hydrogens (tertiary/aromatic N) is 3. The molecule has 1 aromatic heterocycles. The lowest BCUT2D eigenvalue weighted by Gasteiger charge is -2.34. The molecule has 23 heavy (non-hydrogen) atoms. The Morgan fingerprint density at radius 1 is 1.17 bits per heavy atom. The van der Waals surface area contributed by atoms with E-state index in [1.807, 2.05) is 0 Å². The minimum atomic E-state index is 0.341. The van der Waals surface area contributed by atoms with E-state index in [-0.39, 0.29) is 0 Å². The third-order valence-corrected chi connectivity index (χ3v) is 5.53. The molecule has 1 saturated heterocycles. The van der Waals surface area contributed by atoms with E-state index in [0.29, 0.717) is 12.0 Å². The van der Waals surface area contributed by atoms with Gasteiger partial charge in [-0.2, -0.15) is 0 Å². The van der Waals surface area contributed by atoms with Gasteiger partial charge in [-0.15, -0.1) is 10.2 Å². The summed E-state index contributed by atoms with van der Waals surface area (Å²) in [5.74, 6) is 0.673.